The van der Waals surface area contributed by atoms with E-state index >= 15 is 0 Å². The van der Waals surface area contributed by atoms with Crippen molar-refractivity contribution in [2.24, 2.45) is 5.92 Å². The van der Waals surface area contributed by atoms with Crippen LogP contribution in [0.25, 0.3) is 0 Å². The highest BCUT2D eigenvalue weighted by Gasteiger charge is 2.26. The number of benzene rings is 2. The molecule has 0 spiro atoms. The van der Waals surface area contributed by atoms with Gasteiger partial charge in [0.25, 0.3) is 5.91 Å². The summed E-state index contributed by atoms with van der Waals surface area (Å²) in [5.74, 6) is 1.67. The second-order valence-corrected chi connectivity index (χ2v) is 9.96. The van der Waals surface area contributed by atoms with Crippen LogP contribution < -0.4 is 10.1 Å². The van der Waals surface area contributed by atoms with Crippen molar-refractivity contribution in [3.8, 4) is 5.75 Å². The van der Waals surface area contributed by atoms with E-state index in [1.54, 1.807) is 0 Å². The molecular weight excluding hydrogens is 412 g/mol. The molecule has 1 saturated carbocycles. The summed E-state index contributed by atoms with van der Waals surface area (Å²) >= 11 is 0. The minimum absolute atomic E-state index is 0.0899. The van der Waals surface area contributed by atoms with Crippen molar-refractivity contribution in [2.75, 3.05) is 26.8 Å². The van der Waals surface area contributed by atoms with Crippen molar-refractivity contribution < 1.29 is 14.3 Å². The summed E-state index contributed by atoms with van der Waals surface area (Å²) in [6.45, 7) is 3.51. The van der Waals surface area contributed by atoms with Gasteiger partial charge in [-0.1, -0.05) is 18.2 Å². The Hall–Kier alpha value is -2.37. The molecule has 2 aromatic rings. The number of nitrogens with zero attached hydrogens (tertiary/aromatic N) is 1. The van der Waals surface area contributed by atoms with E-state index in [0.717, 1.165) is 62.8 Å². The third-order valence-electron chi connectivity index (χ3n) is 7.35. The fraction of sp³-hybridized carbons (Fsp3) is 0.536. The molecule has 1 N–H and O–H groups in total. The Morgan fingerprint density at radius 1 is 1.09 bits per heavy atom. The molecule has 2 aliphatic carbocycles. The van der Waals surface area contributed by atoms with E-state index in [0.29, 0.717) is 6.10 Å². The summed E-state index contributed by atoms with van der Waals surface area (Å²) in [4.78, 5) is 15.0. The summed E-state index contributed by atoms with van der Waals surface area (Å²) in [5, 5.41) is 3.54. The van der Waals surface area contributed by atoms with E-state index in [1.807, 2.05) is 36.2 Å². The zero-order valence-corrected chi connectivity index (χ0v) is 19.7. The molecule has 0 radical (unpaired) electrons. The maximum atomic E-state index is 13.1. The molecule has 2 fully saturated rings. The molecule has 1 aliphatic heterocycles. The standard InChI is InChI=1S/C28H36N2O3/c1-30(28(31)22-9-12-26(13-10-22)33-19-20-4-5-20)25-11-8-23-15-21(6-7-24(23)16-25)17-29-18-27-3-2-14-32-27/h6-7,9-10,12-13,15,20,25,27,29H,2-5,8,11,14,16-19H2,1H3/t25-,27-/m0/s1. The fourth-order valence-corrected chi connectivity index (χ4v) is 4.97. The van der Waals surface area contributed by atoms with Crippen molar-refractivity contribution in [1.82, 2.24) is 10.2 Å². The van der Waals surface area contributed by atoms with E-state index in [1.165, 1.54) is 42.4 Å². The molecule has 2 aromatic carbocycles. The van der Waals surface area contributed by atoms with E-state index in [4.69, 9.17) is 9.47 Å². The van der Waals surface area contributed by atoms with Gasteiger partial charge in [0.05, 0.1) is 12.7 Å². The average molecular weight is 449 g/mol. The molecule has 176 valence electrons. The molecule has 5 rings (SSSR count). The molecule has 5 nitrogen and oxygen atoms in total. The van der Waals surface area contributed by atoms with Crippen LogP contribution in [0.3, 0.4) is 0 Å². The summed E-state index contributed by atoms with van der Waals surface area (Å²) < 4.78 is 11.5. The molecule has 2 atom stereocenters. The number of likely N-dealkylation sites (N-methyl/N-ethyl adjacent to an activating group) is 1. The number of ether oxygens (including phenoxy) is 2. The Balaban J connectivity index is 1.13. The van der Waals surface area contributed by atoms with Crippen LogP contribution in [0.15, 0.2) is 42.5 Å². The molecule has 1 heterocycles. The lowest BCUT2D eigenvalue weighted by molar-refractivity contribution is 0.0719. The zero-order valence-electron chi connectivity index (χ0n) is 19.7. The van der Waals surface area contributed by atoms with E-state index in [2.05, 4.69) is 23.5 Å². The van der Waals surface area contributed by atoms with Crippen LogP contribution in [0.4, 0.5) is 0 Å². The lowest BCUT2D eigenvalue weighted by Crippen LogP contribution is -2.40. The van der Waals surface area contributed by atoms with Gasteiger partial charge in [-0.05, 0) is 91.8 Å². The lowest BCUT2D eigenvalue weighted by atomic mass is 9.86. The largest absolute Gasteiger partial charge is 0.493 e. The molecule has 1 amide bonds. The number of rotatable bonds is 9. The van der Waals surface area contributed by atoms with Gasteiger partial charge >= 0.3 is 0 Å². The van der Waals surface area contributed by atoms with Crippen LogP contribution in [-0.2, 0) is 24.1 Å². The Morgan fingerprint density at radius 2 is 1.94 bits per heavy atom. The topological polar surface area (TPSA) is 50.8 Å². The van der Waals surface area contributed by atoms with Gasteiger partial charge in [0.2, 0.25) is 0 Å². The summed E-state index contributed by atoms with van der Waals surface area (Å²) in [7, 11) is 1.94. The molecule has 1 saturated heterocycles. The van der Waals surface area contributed by atoms with E-state index in [9.17, 15) is 4.79 Å². The van der Waals surface area contributed by atoms with Crippen LogP contribution >= 0.6 is 0 Å². The van der Waals surface area contributed by atoms with Gasteiger partial charge in [-0.15, -0.1) is 0 Å². The molecule has 3 aliphatic rings. The first-order chi connectivity index (χ1) is 16.2. The number of nitrogens with one attached hydrogen (secondary N) is 1. The number of amides is 1. The van der Waals surface area contributed by atoms with Crippen LogP contribution in [0.1, 0.15) is 59.2 Å². The maximum Gasteiger partial charge on any atom is 0.253 e. The monoisotopic (exact) mass is 448 g/mol. The SMILES string of the molecule is CN(C(=O)c1ccc(OCC2CC2)cc1)[C@H]1CCc2cc(CNC[C@@H]3CCCO3)ccc2C1. The van der Waals surface area contributed by atoms with Gasteiger partial charge < -0.3 is 19.7 Å². The average Bonchev–Trinajstić information content (AvgIpc) is 3.55. The van der Waals surface area contributed by atoms with Crippen LogP contribution in [0.5, 0.6) is 5.75 Å². The molecule has 0 aromatic heterocycles. The first-order valence-electron chi connectivity index (χ1n) is 12.6. The number of hydrogen-bond acceptors (Lipinski definition) is 4. The van der Waals surface area contributed by atoms with Crippen LogP contribution in [0, 0.1) is 5.92 Å². The number of fused-ring (bicyclic) bond motifs is 1. The van der Waals surface area contributed by atoms with Gasteiger partial charge in [-0.25, -0.2) is 0 Å². The first-order valence-corrected chi connectivity index (χ1v) is 12.6. The van der Waals surface area contributed by atoms with Crippen molar-refractivity contribution in [2.45, 2.75) is 63.6 Å². The van der Waals surface area contributed by atoms with Crippen LogP contribution in [0.2, 0.25) is 0 Å². The smallest absolute Gasteiger partial charge is 0.253 e. The maximum absolute atomic E-state index is 13.1. The molecule has 0 unspecified atom stereocenters. The molecule has 0 bridgehead atoms. The molecule has 33 heavy (non-hydrogen) atoms. The summed E-state index contributed by atoms with van der Waals surface area (Å²) in [6, 6.07) is 14.7. The Kier molecular flexibility index (Phi) is 6.98. The highest BCUT2D eigenvalue weighted by molar-refractivity contribution is 5.94. The minimum Gasteiger partial charge on any atom is -0.493 e. The number of aryl methyl sites for hydroxylation is 1. The number of hydrogen-bond donors (Lipinski definition) is 1. The second kappa shape index (κ2) is 10.3. The predicted octanol–water partition coefficient (Wildman–Crippen LogP) is 4.37. The van der Waals surface area contributed by atoms with Gasteiger partial charge in [-0.3, -0.25) is 4.79 Å². The van der Waals surface area contributed by atoms with Crippen molar-refractivity contribution in [3.05, 3.63) is 64.7 Å². The summed E-state index contributed by atoms with van der Waals surface area (Å²) in [6.07, 6.45) is 8.23. The molecule has 5 heteroatoms. The number of carbonyl (C=O) groups is 1. The van der Waals surface area contributed by atoms with Gasteiger partial charge in [0, 0.05) is 38.3 Å². The lowest BCUT2D eigenvalue weighted by Gasteiger charge is -2.33. The fourth-order valence-electron chi connectivity index (χ4n) is 4.97. The normalized spacial score (nSPS) is 22.1. The highest BCUT2D eigenvalue weighted by atomic mass is 16.5. The first kappa shape index (κ1) is 22.4. The van der Waals surface area contributed by atoms with Crippen molar-refractivity contribution >= 4 is 5.91 Å². The van der Waals surface area contributed by atoms with Crippen LogP contribution in [-0.4, -0.2) is 49.8 Å². The van der Waals surface area contributed by atoms with E-state index in [-0.39, 0.29) is 11.9 Å². The second-order valence-electron chi connectivity index (χ2n) is 9.96. The zero-order chi connectivity index (χ0) is 22.6. The third kappa shape index (κ3) is 5.77. The highest BCUT2D eigenvalue weighted by Crippen LogP contribution is 2.30. The van der Waals surface area contributed by atoms with Crippen molar-refractivity contribution in [1.29, 1.82) is 0 Å². The molecular formula is C28H36N2O3. The predicted molar refractivity (Wildman–Crippen MR) is 130 cm³/mol. The Morgan fingerprint density at radius 3 is 2.70 bits per heavy atom. The number of carbonyl (C=O) groups excluding carboxylic acids is 1. The quantitative estimate of drug-likeness (QED) is 0.619. The Bertz CT molecular complexity index is 948. The van der Waals surface area contributed by atoms with Crippen molar-refractivity contribution in [3.63, 3.8) is 0 Å². The van der Waals surface area contributed by atoms with Gasteiger partial charge in [0.1, 0.15) is 5.75 Å². The third-order valence-corrected chi connectivity index (χ3v) is 7.35. The Labute approximate surface area is 197 Å². The van der Waals surface area contributed by atoms with Gasteiger partial charge in [-0.2, -0.15) is 0 Å². The summed E-state index contributed by atoms with van der Waals surface area (Å²) in [5.41, 5.74) is 4.87. The van der Waals surface area contributed by atoms with E-state index < -0.39 is 0 Å². The minimum atomic E-state index is 0.0899. The van der Waals surface area contributed by atoms with Gasteiger partial charge in [0.15, 0.2) is 0 Å².